The van der Waals surface area contributed by atoms with Gasteiger partial charge in [-0.05, 0) is 36.2 Å². The molecule has 0 bridgehead atoms. The molecule has 2 aromatic rings. The van der Waals surface area contributed by atoms with Gasteiger partial charge in [0.15, 0.2) is 0 Å². The minimum absolute atomic E-state index is 0.0768. The van der Waals surface area contributed by atoms with Gasteiger partial charge in [0.25, 0.3) is 0 Å². The minimum atomic E-state index is -0.437. The molecule has 0 atom stereocenters. The van der Waals surface area contributed by atoms with Crippen LogP contribution in [0.5, 0.6) is 0 Å². The summed E-state index contributed by atoms with van der Waals surface area (Å²) in [4.78, 5) is 25.2. The van der Waals surface area contributed by atoms with Crippen LogP contribution >= 0.6 is 0 Å². The Hall–Kier alpha value is -2.76. The number of carbonyl (C=O) groups is 2. The topological polar surface area (TPSA) is 49.4 Å². The fraction of sp³-hybridized carbons (Fsp3) is 0.263. The molecule has 0 aliphatic carbocycles. The molecular formula is C19H20F2N2O2. The third-order valence-corrected chi connectivity index (χ3v) is 3.77. The Kier molecular flexibility index (Phi) is 6.62. The van der Waals surface area contributed by atoms with Crippen molar-refractivity contribution in [3.63, 3.8) is 0 Å². The van der Waals surface area contributed by atoms with E-state index in [0.717, 1.165) is 0 Å². The molecule has 2 rings (SSSR count). The highest BCUT2D eigenvalue weighted by atomic mass is 19.1. The lowest BCUT2D eigenvalue weighted by Crippen LogP contribution is -2.33. The first-order valence-corrected chi connectivity index (χ1v) is 8.00. The smallest absolute Gasteiger partial charge is 0.226 e. The number of hydrogen-bond acceptors (Lipinski definition) is 2. The monoisotopic (exact) mass is 346 g/mol. The second-order valence-electron chi connectivity index (χ2n) is 5.66. The highest BCUT2D eigenvalue weighted by Crippen LogP contribution is 2.10. The Morgan fingerprint density at radius 2 is 1.80 bits per heavy atom. The summed E-state index contributed by atoms with van der Waals surface area (Å²) >= 11 is 0. The Morgan fingerprint density at radius 3 is 2.48 bits per heavy atom. The summed E-state index contributed by atoms with van der Waals surface area (Å²) in [5.74, 6) is -1.25. The maximum atomic E-state index is 13.6. The average molecular weight is 346 g/mol. The standard InChI is InChI=1S/C19H20F2N2O2/c1-14(24)23(11-9-15-5-2-3-8-18(15)21)12-10-19(25)22-17-7-4-6-16(20)13-17/h2-8,13H,9-12H2,1H3,(H,22,25). The summed E-state index contributed by atoms with van der Waals surface area (Å²) in [5, 5.41) is 2.58. The van der Waals surface area contributed by atoms with E-state index >= 15 is 0 Å². The van der Waals surface area contributed by atoms with Crippen molar-refractivity contribution in [3.8, 4) is 0 Å². The number of nitrogens with zero attached hydrogens (tertiary/aromatic N) is 1. The first-order valence-electron chi connectivity index (χ1n) is 8.00. The van der Waals surface area contributed by atoms with Crippen molar-refractivity contribution >= 4 is 17.5 Å². The van der Waals surface area contributed by atoms with Gasteiger partial charge in [0.1, 0.15) is 11.6 Å². The molecule has 0 aliphatic rings. The van der Waals surface area contributed by atoms with Gasteiger partial charge < -0.3 is 10.2 Å². The summed E-state index contributed by atoms with van der Waals surface area (Å²) < 4.78 is 26.7. The number of hydrogen-bond donors (Lipinski definition) is 1. The Labute approximate surface area is 145 Å². The van der Waals surface area contributed by atoms with Crippen LogP contribution in [0.1, 0.15) is 18.9 Å². The van der Waals surface area contributed by atoms with Gasteiger partial charge in [-0.3, -0.25) is 9.59 Å². The van der Waals surface area contributed by atoms with Gasteiger partial charge in [-0.15, -0.1) is 0 Å². The van der Waals surface area contributed by atoms with E-state index in [1.54, 1.807) is 24.3 Å². The second kappa shape index (κ2) is 8.92. The third-order valence-electron chi connectivity index (χ3n) is 3.77. The van der Waals surface area contributed by atoms with Gasteiger partial charge in [0, 0.05) is 32.1 Å². The van der Waals surface area contributed by atoms with Crippen molar-refractivity contribution in [2.75, 3.05) is 18.4 Å². The largest absolute Gasteiger partial charge is 0.342 e. The molecule has 25 heavy (non-hydrogen) atoms. The van der Waals surface area contributed by atoms with Gasteiger partial charge >= 0.3 is 0 Å². The van der Waals surface area contributed by atoms with E-state index in [1.165, 1.54) is 36.1 Å². The molecule has 0 radical (unpaired) electrons. The van der Waals surface area contributed by atoms with Crippen LogP contribution < -0.4 is 5.32 Å². The fourth-order valence-corrected chi connectivity index (χ4v) is 2.41. The van der Waals surface area contributed by atoms with Crippen LogP contribution in [-0.4, -0.2) is 29.8 Å². The molecule has 4 nitrogen and oxygen atoms in total. The molecule has 0 saturated heterocycles. The van der Waals surface area contributed by atoms with E-state index in [9.17, 15) is 18.4 Å². The molecule has 1 N–H and O–H groups in total. The van der Waals surface area contributed by atoms with E-state index < -0.39 is 5.82 Å². The minimum Gasteiger partial charge on any atom is -0.342 e. The fourth-order valence-electron chi connectivity index (χ4n) is 2.41. The van der Waals surface area contributed by atoms with Gasteiger partial charge in [-0.2, -0.15) is 0 Å². The lowest BCUT2D eigenvalue weighted by atomic mass is 10.1. The summed E-state index contributed by atoms with van der Waals surface area (Å²) in [6.45, 7) is 1.94. The van der Waals surface area contributed by atoms with Crippen LogP contribution in [0, 0.1) is 11.6 Å². The molecule has 0 unspecified atom stereocenters. The Bertz CT molecular complexity index is 750. The van der Waals surface area contributed by atoms with Crippen molar-refractivity contribution < 1.29 is 18.4 Å². The molecule has 0 fully saturated rings. The first-order chi connectivity index (χ1) is 12.0. The van der Waals surface area contributed by atoms with Crippen LogP contribution in [0.25, 0.3) is 0 Å². The average Bonchev–Trinajstić information content (AvgIpc) is 2.56. The van der Waals surface area contributed by atoms with Crippen molar-refractivity contribution in [1.82, 2.24) is 4.90 Å². The van der Waals surface area contributed by atoms with Crippen LogP contribution in [-0.2, 0) is 16.0 Å². The predicted octanol–water partition coefficient (Wildman–Crippen LogP) is 3.38. The van der Waals surface area contributed by atoms with E-state index in [-0.39, 0.29) is 30.6 Å². The molecule has 132 valence electrons. The van der Waals surface area contributed by atoms with E-state index in [1.807, 2.05) is 0 Å². The molecule has 0 heterocycles. The van der Waals surface area contributed by atoms with Crippen LogP contribution in [0.2, 0.25) is 0 Å². The van der Waals surface area contributed by atoms with Gasteiger partial charge in [0.05, 0.1) is 0 Å². The molecule has 2 amide bonds. The van der Waals surface area contributed by atoms with Gasteiger partial charge in [-0.25, -0.2) is 8.78 Å². The lowest BCUT2D eigenvalue weighted by molar-refractivity contribution is -0.129. The Morgan fingerprint density at radius 1 is 1.04 bits per heavy atom. The summed E-state index contributed by atoms with van der Waals surface area (Å²) in [6.07, 6.45) is 0.450. The maximum absolute atomic E-state index is 13.6. The molecule has 6 heteroatoms. The highest BCUT2D eigenvalue weighted by molar-refractivity contribution is 5.91. The van der Waals surface area contributed by atoms with E-state index in [0.29, 0.717) is 24.2 Å². The zero-order valence-corrected chi connectivity index (χ0v) is 14.0. The zero-order chi connectivity index (χ0) is 18.2. The van der Waals surface area contributed by atoms with Crippen molar-refractivity contribution in [2.24, 2.45) is 0 Å². The molecule has 0 aromatic heterocycles. The summed E-state index contributed by atoms with van der Waals surface area (Å²) in [5.41, 5.74) is 0.892. The SMILES string of the molecule is CC(=O)N(CCC(=O)Nc1cccc(F)c1)CCc1ccccc1F. The van der Waals surface area contributed by atoms with Crippen molar-refractivity contribution in [1.29, 1.82) is 0 Å². The van der Waals surface area contributed by atoms with Crippen molar-refractivity contribution in [2.45, 2.75) is 19.8 Å². The van der Waals surface area contributed by atoms with Crippen LogP contribution in [0.15, 0.2) is 48.5 Å². The number of carbonyl (C=O) groups excluding carboxylic acids is 2. The molecule has 0 saturated carbocycles. The quantitative estimate of drug-likeness (QED) is 0.835. The van der Waals surface area contributed by atoms with Gasteiger partial charge in [0.2, 0.25) is 11.8 Å². The first kappa shape index (κ1) is 18.6. The summed E-state index contributed by atoms with van der Waals surface area (Å²) in [7, 11) is 0. The highest BCUT2D eigenvalue weighted by Gasteiger charge is 2.12. The second-order valence-corrected chi connectivity index (χ2v) is 5.66. The molecule has 2 aromatic carbocycles. The number of anilines is 1. The van der Waals surface area contributed by atoms with Crippen LogP contribution in [0.4, 0.5) is 14.5 Å². The van der Waals surface area contributed by atoms with Gasteiger partial charge in [-0.1, -0.05) is 24.3 Å². The molecular weight excluding hydrogens is 326 g/mol. The number of halogens is 2. The lowest BCUT2D eigenvalue weighted by Gasteiger charge is -2.21. The maximum Gasteiger partial charge on any atom is 0.226 e. The van der Waals surface area contributed by atoms with Crippen LogP contribution in [0.3, 0.4) is 0 Å². The zero-order valence-electron chi connectivity index (χ0n) is 14.0. The van der Waals surface area contributed by atoms with Crippen molar-refractivity contribution in [3.05, 3.63) is 65.7 Å². The number of rotatable bonds is 7. The normalized spacial score (nSPS) is 10.4. The number of nitrogens with one attached hydrogen (secondary N) is 1. The predicted molar refractivity (Wildman–Crippen MR) is 92.0 cm³/mol. The summed E-state index contributed by atoms with van der Waals surface area (Å²) in [6, 6.07) is 12.0. The number of amides is 2. The van der Waals surface area contributed by atoms with E-state index in [4.69, 9.17) is 0 Å². The molecule has 0 aliphatic heterocycles. The van der Waals surface area contributed by atoms with E-state index in [2.05, 4.69) is 5.32 Å². The Balaban J connectivity index is 1.85. The third kappa shape index (κ3) is 5.99. The number of benzene rings is 2. The molecule has 0 spiro atoms.